The standard InChI is InChI=1S/C28H29F3N2O5/c1-37-22-11-6-12-23(38-2)25(22)33-20(10-7-14-28(29,30)31)16-21(34)24(27(33)36)26(35)32-15-13-19(17-32)18-8-4-3-5-9-18/h3-6,8-9,11-12,16,19,36H,7,10,13-15,17H2,1-2H3/t19-/m0/s1. The normalized spacial score (nSPS) is 15.5. The predicted molar refractivity (Wildman–Crippen MR) is 136 cm³/mol. The molecule has 1 atom stereocenters. The van der Waals surface area contributed by atoms with Crippen molar-refractivity contribution in [3.63, 3.8) is 0 Å². The fourth-order valence-corrected chi connectivity index (χ4v) is 4.90. The third-order valence-electron chi connectivity index (χ3n) is 6.75. The number of aromatic nitrogens is 1. The Kier molecular flexibility index (Phi) is 7.99. The van der Waals surface area contributed by atoms with E-state index >= 15 is 0 Å². The van der Waals surface area contributed by atoms with Crippen molar-refractivity contribution < 1.29 is 32.5 Å². The summed E-state index contributed by atoms with van der Waals surface area (Å²) in [6, 6.07) is 15.6. The third-order valence-corrected chi connectivity index (χ3v) is 6.75. The Balaban J connectivity index is 1.78. The van der Waals surface area contributed by atoms with E-state index in [1.807, 2.05) is 30.3 Å². The van der Waals surface area contributed by atoms with Gasteiger partial charge in [-0.05, 0) is 37.0 Å². The Morgan fingerprint density at radius 2 is 1.71 bits per heavy atom. The first-order valence-electron chi connectivity index (χ1n) is 12.2. The number of halogens is 3. The first kappa shape index (κ1) is 27.1. The highest BCUT2D eigenvalue weighted by Gasteiger charge is 2.33. The van der Waals surface area contributed by atoms with Gasteiger partial charge in [0.15, 0.2) is 5.43 Å². The molecule has 0 aliphatic carbocycles. The van der Waals surface area contributed by atoms with E-state index in [-0.39, 0.29) is 41.6 Å². The topological polar surface area (TPSA) is 81.0 Å². The van der Waals surface area contributed by atoms with E-state index < -0.39 is 35.4 Å². The van der Waals surface area contributed by atoms with Crippen LogP contribution >= 0.6 is 0 Å². The summed E-state index contributed by atoms with van der Waals surface area (Å²) >= 11 is 0. The largest absolute Gasteiger partial charge is 0.494 e. The number of para-hydroxylation sites is 1. The van der Waals surface area contributed by atoms with Gasteiger partial charge in [-0.1, -0.05) is 36.4 Å². The van der Waals surface area contributed by atoms with Crippen molar-refractivity contribution in [1.82, 2.24) is 9.47 Å². The molecule has 4 rings (SSSR count). The predicted octanol–water partition coefficient (Wildman–Crippen LogP) is 5.08. The molecular weight excluding hydrogens is 501 g/mol. The second kappa shape index (κ2) is 11.2. The Morgan fingerprint density at radius 3 is 2.32 bits per heavy atom. The molecule has 0 bridgehead atoms. The average molecular weight is 531 g/mol. The Bertz CT molecular complexity index is 1330. The minimum atomic E-state index is -4.38. The number of methoxy groups -OCH3 is 2. The monoisotopic (exact) mass is 530 g/mol. The number of hydrogen-bond acceptors (Lipinski definition) is 5. The van der Waals surface area contributed by atoms with Crippen LogP contribution in [0.4, 0.5) is 13.2 Å². The number of nitrogens with zero attached hydrogens (tertiary/aromatic N) is 2. The summed E-state index contributed by atoms with van der Waals surface area (Å²) in [5.41, 5.74) is 0.131. The summed E-state index contributed by atoms with van der Waals surface area (Å²) in [5.74, 6) is -0.750. The highest BCUT2D eigenvalue weighted by Crippen LogP contribution is 2.38. The van der Waals surface area contributed by atoms with Gasteiger partial charge < -0.3 is 19.5 Å². The fourth-order valence-electron chi connectivity index (χ4n) is 4.90. The molecule has 1 fully saturated rings. The molecule has 7 nitrogen and oxygen atoms in total. The van der Waals surface area contributed by atoms with Gasteiger partial charge in [0.1, 0.15) is 22.7 Å². The van der Waals surface area contributed by atoms with E-state index in [1.54, 1.807) is 18.2 Å². The van der Waals surface area contributed by atoms with Crippen LogP contribution in [-0.4, -0.2) is 54.0 Å². The van der Waals surface area contributed by atoms with Crippen molar-refractivity contribution in [1.29, 1.82) is 0 Å². The zero-order valence-corrected chi connectivity index (χ0v) is 21.1. The number of alkyl halides is 3. The lowest BCUT2D eigenvalue weighted by Crippen LogP contribution is -2.33. The molecular formula is C28H29F3N2O5. The Morgan fingerprint density at radius 1 is 1.05 bits per heavy atom. The molecule has 1 aromatic heterocycles. The summed E-state index contributed by atoms with van der Waals surface area (Å²) in [6.07, 6.45) is -5.26. The quantitative estimate of drug-likeness (QED) is 0.440. The molecule has 1 aliphatic rings. The smallest absolute Gasteiger partial charge is 0.389 e. The van der Waals surface area contributed by atoms with Crippen molar-refractivity contribution in [2.75, 3.05) is 27.3 Å². The molecule has 2 aromatic carbocycles. The van der Waals surface area contributed by atoms with Crippen LogP contribution in [0.15, 0.2) is 59.4 Å². The number of benzene rings is 2. The molecule has 1 amide bonds. The van der Waals surface area contributed by atoms with Crippen LogP contribution in [0, 0.1) is 0 Å². The van der Waals surface area contributed by atoms with Crippen LogP contribution in [0.25, 0.3) is 5.69 Å². The lowest BCUT2D eigenvalue weighted by atomic mass is 9.99. The molecule has 38 heavy (non-hydrogen) atoms. The Labute approximate surface area is 218 Å². The number of aryl methyl sites for hydroxylation is 1. The minimum Gasteiger partial charge on any atom is -0.494 e. The number of rotatable bonds is 8. The zero-order valence-electron chi connectivity index (χ0n) is 21.1. The maximum absolute atomic E-state index is 13.6. The summed E-state index contributed by atoms with van der Waals surface area (Å²) in [7, 11) is 2.78. The van der Waals surface area contributed by atoms with E-state index in [4.69, 9.17) is 9.47 Å². The highest BCUT2D eigenvalue weighted by molar-refractivity contribution is 5.96. The van der Waals surface area contributed by atoms with E-state index in [0.717, 1.165) is 11.6 Å². The summed E-state index contributed by atoms with van der Waals surface area (Å²) in [4.78, 5) is 28.2. The van der Waals surface area contributed by atoms with Gasteiger partial charge in [-0.25, -0.2) is 0 Å². The highest BCUT2D eigenvalue weighted by atomic mass is 19.4. The van der Waals surface area contributed by atoms with Gasteiger partial charge in [-0.15, -0.1) is 0 Å². The van der Waals surface area contributed by atoms with Crippen molar-refractivity contribution in [3.8, 4) is 23.1 Å². The van der Waals surface area contributed by atoms with Crippen LogP contribution in [0.3, 0.4) is 0 Å². The number of ether oxygens (including phenoxy) is 2. The third kappa shape index (κ3) is 5.64. The maximum Gasteiger partial charge on any atom is 0.389 e. The maximum atomic E-state index is 13.6. The fraction of sp³-hybridized carbons (Fsp3) is 0.357. The SMILES string of the molecule is COc1cccc(OC)c1-n1c(CCCC(F)(F)F)cc(=O)c(C(=O)N2CC[C@H](c3ccccc3)C2)c1O. The molecule has 1 saturated heterocycles. The van der Waals surface area contributed by atoms with Gasteiger partial charge in [-0.3, -0.25) is 14.2 Å². The van der Waals surface area contributed by atoms with E-state index in [2.05, 4.69) is 0 Å². The molecule has 0 spiro atoms. The Hall–Kier alpha value is -3.95. The summed E-state index contributed by atoms with van der Waals surface area (Å²) in [6.45, 7) is 0.760. The minimum absolute atomic E-state index is 0.0838. The van der Waals surface area contributed by atoms with Gasteiger partial charge in [0.25, 0.3) is 5.91 Å². The van der Waals surface area contributed by atoms with Crippen LogP contribution in [0.1, 0.15) is 46.8 Å². The van der Waals surface area contributed by atoms with Crippen molar-refractivity contribution >= 4 is 5.91 Å². The second-order valence-corrected chi connectivity index (χ2v) is 9.16. The first-order valence-corrected chi connectivity index (χ1v) is 12.2. The number of carbonyl (C=O) groups is 1. The van der Waals surface area contributed by atoms with Gasteiger partial charge >= 0.3 is 6.18 Å². The number of hydrogen-bond donors (Lipinski definition) is 1. The molecule has 0 saturated carbocycles. The van der Waals surface area contributed by atoms with Crippen LogP contribution in [0.5, 0.6) is 17.4 Å². The van der Waals surface area contributed by atoms with E-state index in [0.29, 0.717) is 19.5 Å². The molecule has 202 valence electrons. The van der Waals surface area contributed by atoms with Gasteiger partial charge in [0, 0.05) is 37.2 Å². The van der Waals surface area contributed by atoms with Crippen LogP contribution in [-0.2, 0) is 6.42 Å². The lowest BCUT2D eigenvalue weighted by molar-refractivity contribution is -0.135. The van der Waals surface area contributed by atoms with E-state index in [1.165, 1.54) is 23.7 Å². The molecule has 0 radical (unpaired) electrons. The average Bonchev–Trinajstić information content (AvgIpc) is 3.39. The summed E-state index contributed by atoms with van der Waals surface area (Å²) < 4.78 is 50.7. The number of aromatic hydroxyl groups is 1. The lowest BCUT2D eigenvalue weighted by Gasteiger charge is -2.23. The molecule has 3 aromatic rings. The number of carbonyl (C=O) groups excluding carboxylic acids is 1. The molecule has 2 heterocycles. The molecule has 0 unspecified atom stereocenters. The zero-order chi connectivity index (χ0) is 27.4. The van der Waals surface area contributed by atoms with Crippen molar-refractivity contribution in [2.45, 2.75) is 37.8 Å². The number of likely N-dealkylation sites (tertiary alicyclic amines) is 1. The molecule has 10 heteroatoms. The van der Waals surface area contributed by atoms with E-state index in [9.17, 15) is 27.9 Å². The van der Waals surface area contributed by atoms with Gasteiger partial charge in [0.05, 0.1) is 14.2 Å². The van der Waals surface area contributed by atoms with Crippen LogP contribution < -0.4 is 14.9 Å². The number of amides is 1. The summed E-state index contributed by atoms with van der Waals surface area (Å²) in [5, 5.41) is 11.4. The van der Waals surface area contributed by atoms with Gasteiger partial charge in [-0.2, -0.15) is 13.2 Å². The van der Waals surface area contributed by atoms with Crippen molar-refractivity contribution in [2.24, 2.45) is 0 Å². The second-order valence-electron chi connectivity index (χ2n) is 9.16. The number of pyridine rings is 1. The molecule has 1 N–H and O–H groups in total. The van der Waals surface area contributed by atoms with Crippen molar-refractivity contribution in [3.05, 3.63) is 81.6 Å². The molecule has 1 aliphatic heterocycles. The van der Waals surface area contributed by atoms with Crippen LogP contribution in [0.2, 0.25) is 0 Å². The van der Waals surface area contributed by atoms with Gasteiger partial charge in [0.2, 0.25) is 5.88 Å². The first-order chi connectivity index (χ1) is 18.1.